The number of fused-ring (bicyclic) bond motifs is 3. The SMILES string of the molecule is CCc1nnc2c(N(C)S(=O)(=O)c3ccc(NC(C)=O)cc3)nc3ccccc3n12. The molecule has 0 saturated heterocycles. The number of rotatable bonds is 5. The molecule has 0 fully saturated rings. The van der Waals surface area contributed by atoms with Gasteiger partial charge in [-0.1, -0.05) is 19.1 Å². The molecule has 30 heavy (non-hydrogen) atoms. The van der Waals surface area contributed by atoms with Gasteiger partial charge in [0.2, 0.25) is 11.6 Å². The van der Waals surface area contributed by atoms with Crippen molar-refractivity contribution in [3.8, 4) is 0 Å². The third-order valence-corrected chi connectivity index (χ3v) is 6.49. The van der Waals surface area contributed by atoms with Crippen molar-refractivity contribution in [3.05, 3.63) is 54.4 Å². The third kappa shape index (κ3) is 3.24. The van der Waals surface area contributed by atoms with Gasteiger partial charge in [0.05, 0.1) is 15.9 Å². The molecular formula is C20H20N6O3S. The molecule has 0 aliphatic carbocycles. The topological polar surface area (TPSA) is 110 Å². The molecule has 0 atom stereocenters. The second-order valence-electron chi connectivity index (χ2n) is 6.73. The number of amides is 1. The van der Waals surface area contributed by atoms with E-state index in [0.717, 1.165) is 15.6 Å². The lowest BCUT2D eigenvalue weighted by atomic mass is 10.3. The van der Waals surface area contributed by atoms with Gasteiger partial charge in [-0.3, -0.25) is 9.20 Å². The van der Waals surface area contributed by atoms with Crippen molar-refractivity contribution in [2.24, 2.45) is 0 Å². The fraction of sp³-hybridized carbons (Fsp3) is 0.200. The maximum atomic E-state index is 13.3. The molecule has 0 radical (unpaired) electrons. The Morgan fingerprint density at radius 3 is 2.47 bits per heavy atom. The molecule has 0 bridgehead atoms. The van der Waals surface area contributed by atoms with E-state index in [0.29, 0.717) is 23.3 Å². The van der Waals surface area contributed by atoms with E-state index in [1.54, 1.807) is 0 Å². The summed E-state index contributed by atoms with van der Waals surface area (Å²) in [6.07, 6.45) is 0.635. The van der Waals surface area contributed by atoms with Crippen LogP contribution >= 0.6 is 0 Å². The van der Waals surface area contributed by atoms with Crippen LogP contribution in [-0.2, 0) is 21.2 Å². The van der Waals surface area contributed by atoms with Crippen LogP contribution in [0.3, 0.4) is 0 Å². The number of nitrogens with zero attached hydrogens (tertiary/aromatic N) is 5. The molecule has 2 heterocycles. The molecule has 1 N–H and O–H groups in total. The second kappa shape index (κ2) is 7.38. The first kappa shape index (κ1) is 19.8. The minimum absolute atomic E-state index is 0.0717. The summed E-state index contributed by atoms with van der Waals surface area (Å²) < 4.78 is 29.5. The molecule has 154 valence electrons. The van der Waals surface area contributed by atoms with Crippen LogP contribution in [0.1, 0.15) is 19.7 Å². The van der Waals surface area contributed by atoms with Gasteiger partial charge >= 0.3 is 0 Å². The standard InChI is InChI=1S/C20H20N6O3S/c1-4-18-23-24-20-19(22-16-7-5-6-8-17(16)26(18)20)25(3)30(28,29)15-11-9-14(10-12-15)21-13(2)27/h5-12H,4H2,1-3H3,(H,21,27). The average molecular weight is 424 g/mol. The maximum Gasteiger partial charge on any atom is 0.265 e. The van der Waals surface area contributed by atoms with Gasteiger partial charge in [0.15, 0.2) is 5.82 Å². The van der Waals surface area contributed by atoms with Gasteiger partial charge in [0.25, 0.3) is 10.0 Å². The van der Waals surface area contributed by atoms with Gasteiger partial charge in [0.1, 0.15) is 5.82 Å². The first-order chi connectivity index (χ1) is 14.3. The summed E-state index contributed by atoms with van der Waals surface area (Å²) in [5.41, 5.74) is 2.33. The van der Waals surface area contributed by atoms with E-state index in [1.807, 2.05) is 35.6 Å². The molecule has 9 nitrogen and oxygen atoms in total. The van der Waals surface area contributed by atoms with Gasteiger partial charge < -0.3 is 5.32 Å². The molecule has 0 unspecified atom stereocenters. The van der Waals surface area contributed by atoms with Crippen LogP contribution < -0.4 is 9.62 Å². The monoisotopic (exact) mass is 424 g/mol. The lowest BCUT2D eigenvalue weighted by molar-refractivity contribution is -0.114. The summed E-state index contributed by atoms with van der Waals surface area (Å²) in [5, 5.41) is 11.0. The maximum absolute atomic E-state index is 13.3. The van der Waals surface area contributed by atoms with Crippen LogP contribution in [0.5, 0.6) is 0 Å². The van der Waals surface area contributed by atoms with Crippen LogP contribution in [0, 0.1) is 0 Å². The zero-order valence-electron chi connectivity index (χ0n) is 16.7. The number of carbonyl (C=O) groups excluding carboxylic acids is 1. The highest BCUT2D eigenvalue weighted by atomic mass is 32.2. The van der Waals surface area contributed by atoms with Gasteiger partial charge in [-0.2, -0.15) is 0 Å². The fourth-order valence-corrected chi connectivity index (χ4v) is 4.40. The lowest BCUT2D eigenvalue weighted by Gasteiger charge is -2.20. The molecule has 2 aromatic heterocycles. The molecule has 4 aromatic rings. The molecule has 1 amide bonds. The summed E-state index contributed by atoms with van der Waals surface area (Å²) in [4.78, 5) is 15.8. The Balaban J connectivity index is 1.84. The molecule has 0 saturated carbocycles. The zero-order chi connectivity index (χ0) is 21.5. The van der Waals surface area contributed by atoms with E-state index >= 15 is 0 Å². The lowest BCUT2D eigenvalue weighted by Crippen LogP contribution is -2.28. The highest BCUT2D eigenvalue weighted by molar-refractivity contribution is 7.92. The van der Waals surface area contributed by atoms with Crippen LogP contribution in [0.4, 0.5) is 11.5 Å². The molecule has 10 heteroatoms. The predicted octanol–water partition coefficient (Wildman–Crippen LogP) is 2.62. The predicted molar refractivity (Wildman–Crippen MR) is 114 cm³/mol. The van der Waals surface area contributed by atoms with Gasteiger partial charge in [-0.25, -0.2) is 17.7 Å². The van der Waals surface area contributed by atoms with Crippen molar-refractivity contribution in [2.75, 3.05) is 16.7 Å². The molecule has 0 spiro atoms. The highest BCUT2D eigenvalue weighted by Gasteiger charge is 2.26. The number of sulfonamides is 1. The summed E-state index contributed by atoms with van der Waals surface area (Å²) in [5.74, 6) is 0.672. The second-order valence-corrected chi connectivity index (χ2v) is 8.70. The average Bonchev–Trinajstić information content (AvgIpc) is 3.17. The first-order valence-electron chi connectivity index (χ1n) is 9.32. The Hall–Kier alpha value is -3.53. The Morgan fingerprint density at radius 1 is 1.10 bits per heavy atom. The Morgan fingerprint density at radius 2 is 1.80 bits per heavy atom. The Kier molecular flexibility index (Phi) is 4.86. The highest BCUT2D eigenvalue weighted by Crippen LogP contribution is 2.28. The van der Waals surface area contributed by atoms with E-state index in [9.17, 15) is 13.2 Å². The largest absolute Gasteiger partial charge is 0.326 e. The van der Waals surface area contributed by atoms with Gasteiger partial charge in [0, 0.05) is 26.1 Å². The summed E-state index contributed by atoms with van der Waals surface area (Å²) >= 11 is 0. The Labute approximate surface area is 173 Å². The number of aromatic nitrogens is 4. The normalized spacial score (nSPS) is 11.7. The van der Waals surface area contributed by atoms with Crippen LogP contribution in [0.2, 0.25) is 0 Å². The number of aryl methyl sites for hydroxylation is 1. The number of benzene rings is 2. The van der Waals surface area contributed by atoms with Crippen molar-refractivity contribution >= 4 is 44.1 Å². The van der Waals surface area contributed by atoms with Crippen LogP contribution in [-0.4, -0.2) is 41.0 Å². The zero-order valence-corrected chi connectivity index (χ0v) is 17.5. The summed E-state index contributed by atoms with van der Waals surface area (Å²) in [6, 6.07) is 13.4. The quantitative estimate of drug-likeness (QED) is 0.527. The number of para-hydroxylation sites is 2. The van der Waals surface area contributed by atoms with Crippen molar-refractivity contribution in [1.82, 2.24) is 19.6 Å². The third-order valence-electron chi connectivity index (χ3n) is 4.73. The molecule has 4 rings (SSSR count). The molecular weight excluding hydrogens is 404 g/mol. The van der Waals surface area contributed by atoms with Crippen LogP contribution in [0.15, 0.2) is 53.4 Å². The summed E-state index contributed by atoms with van der Waals surface area (Å²) in [6.45, 7) is 3.35. The van der Waals surface area contributed by atoms with Crippen molar-refractivity contribution in [2.45, 2.75) is 25.2 Å². The van der Waals surface area contributed by atoms with Crippen molar-refractivity contribution in [1.29, 1.82) is 0 Å². The van der Waals surface area contributed by atoms with Gasteiger partial charge in [-0.05, 0) is 36.4 Å². The fourth-order valence-electron chi connectivity index (χ4n) is 3.25. The number of anilines is 2. The number of hydrogen-bond acceptors (Lipinski definition) is 6. The minimum Gasteiger partial charge on any atom is -0.326 e. The first-order valence-corrected chi connectivity index (χ1v) is 10.8. The van der Waals surface area contributed by atoms with E-state index < -0.39 is 10.0 Å². The van der Waals surface area contributed by atoms with E-state index in [2.05, 4.69) is 20.5 Å². The number of hydrogen-bond donors (Lipinski definition) is 1. The number of carbonyl (C=O) groups is 1. The molecule has 0 aliphatic rings. The summed E-state index contributed by atoms with van der Waals surface area (Å²) in [7, 11) is -2.48. The Bertz CT molecular complexity index is 1360. The smallest absolute Gasteiger partial charge is 0.265 e. The van der Waals surface area contributed by atoms with Crippen LogP contribution in [0.25, 0.3) is 16.7 Å². The van der Waals surface area contributed by atoms with Crippen molar-refractivity contribution < 1.29 is 13.2 Å². The number of nitrogens with one attached hydrogen (secondary N) is 1. The van der Waals surface area contributed by atoms with Crippen molar-refractivity contribution in [3.63, 3.8) is 0 Å². The minimum atomic E-state index is -3.92. The van der Waals surface area contributed by atoms with E-state index in [1.165, 1.54) is 38.2 Å². The molecule has 2 aromatic carbocycles. The molecule has 0 aliphatic heterocycles. The van der Waals surface area contributed by atoms with E-state index in [4.69, 9.17) is 0 Å². The van der Waals surface area contributed by atoms with Gasteiger partial charge in [-0.15, -0.1) is 10.2 Å². The van der Waals surface area contributed by atoms with E-state index in [-0.39, 0.29) is 16.6 Å².